The van der Waals surface area contributed by atoms with Gasteiger partial charge >= 0.3 is 6.03 Å². The first-order chi connectivity index (χ1) is 17.5. The molecule has 1 heterocycles. The summed E-state index contributed by atoms with van der Waals surface area (Å²) in [4.78, 5) is 28.8. The summed E-state index contributed by atoms with van der Waals surface area (Å²) in [6, 6.07) is 7.37. The van der Waals surface area contributed by atoms with Gasteiger partial charge in [-0.1, -0.05) is 17.7 Å². The molecule has 1 N–H and O–H groups in total. The third kappa shape index (κ3) is 4.93. The normalized spacial score (nSPS) is 15.0. The highest BCUT2D eigenvalue weighted by Gasteiger charge is 2.34. The highest BCUT2D eigenvalue weighted by atomic mass is 35.5. The number of halogens is 5. The predicted molar refractivity (Wildman–Crippen MR) is 130 cm³/mol. The molecule has 1 aliphatic heterocycles. The van der Waals surface area contributed by atoms with Crippen molar-refractivity contribution < 1.29 is 31.9 Å². The van der Waals surface area contributed by atoms with Crippen molar-refractivity contribution in [2.45, 2.75) is 26.1 Å². The fourth-order valence-electron chi connectivity index (χ4n) is 4.14. The number of nitrogens with zero attached hydrogens (tertiary/aromatic N) is 2. The maximum Gasteiger partial charge on any atom is 0.325 e. The number of urea groups is 1. The van der Waals surface area contributed by atoms with Crippen LogP contribution >= 0.6 is 11.6 Å². The molecule has 0 spiro atoms. The molecule has 194 valence electrons. The van der Waals surface area contributed by atoms with E-state index in [2.05, 4.69) is 5.32 Å². The zero-order valence-corrected chi connectivity index (χ0v) is 20.8. The van der Waals surface area contributed by atoms with Gasteiger partial charge in [-0.15, -0.1) is 0 Å². The highest BCUT2D eigenvalue weighted by molar-refractivity contribution is 6.32. The van der Waals surface area contributed by atoms with Crippen LogP contribution in [0, 0.1) is 23.3 Å². The molecular formula is C26H22ClF4N3O3. The molecule has 6 nitrogen and oxygen atoms in total. The van der Waals surface area contributed by atoms with Crippen molar-refractivity contribution in [1.82, 2.24) is 10.2 Å². The molecule has 0 saturated heterocycles. The van der Waals surface area contributed by atoms with Gasteiger partial charge in [0.25, 0.3) is 5.91 Å². The Labute approximate surface area is 215 Å². The molecule has 3 amide bonds. The maximum atomic E-state index is 14.7. The van der Waals surface area contributed by atoms with Gasteiger partial charge in [-0.3, -0.25) is 9.69 Å². The SMILES string of the molecule is COc1ccc(F)c(CN2C(=O)N(C)[C@@H](C)c3ccc(C(=O)NCc4c(F)cc(F)cc4F)cc32)c1Cl. The fraction of sp³-hybridized carbons (Fsp3) is 0.231. The molecular weight excluding hydrogens is 514 g/mol. The minimum absolute atomic E-state index is 0.00961. The van der Waals surface area contributed by atoms with Crippen molar-refractivity contribution >= 4 is 29.2 Å². The third-order valence-corrected chi connectivity index (χ3v) is 6.78. The summed E-state index contributed by atoms with van der Waals surface area (Å²) in [5.41, 5.74) is 0.658. The number of amides is 3. The molecule has 1 aliphatic rings. The van der Waals surface area contributed by atoms with E-state index in [1.807, 2.05) is 0 Å². The second-order valence-corrected chi connectivity index (χ2v) is 8.88. The van der Waals surface area contributed by atoms with Crippen molar-refractivity contribution in [2.75, 3.05) is 19.1 Å². The molecule has 11 heteroatoms. The van der Waals surface area contributed by atoms with Crippen LogP contribution in [0.1, 0.15) is 40.0 Å². The number of rotatable bonds is 6. The van der Waals surface area contributed by atoms with Gasteiger partial charge in [-0.2, -0.15) is 0 Å². The Bertz CT molecular complexity index is 1380. The van der Waals surface area contributed by atoms with Gasteiger partial charge in [0.2, 0.25) is 0 Å². The third-order valence-electron chi connectivity index (χ3n) is 6.37. The van der Waals surface area contributed by atoms with Crippen LogP contribution in [-0.2, 0) is 13.1 Å². The zero-order chi connectivity index (χ0) is 27.0. The number of ether oxygens (including phenoxy) is 1. The van der Waals surface area contributed by atoms with Crippen LogP contribution in [-0.4, -0.2) is 31.0 Å². The maximum absolute atomic E-state index is 14.7. The van der Waals surface area contributed by atoms with E-state index in [9.17, 15) is 27.2 Å². The number of anilines is 1. The lowest BCUT2D eigenvalue weighted by atomic mass is 9.98. The lowest BCUT2D eigenvalue weighted by molar-refractivity contribution is 0.0950. The van der Waals surface area contributed by atoms with Crippen LogP contribution in [0.2, 0.25) is 5.02 Å². The molecule has 0 aliphatic carbocycles. The van der Waals surface area contributed by atoms with E-state index in [1.165, 1.54) is 41.2 Å². The quantitative estimate of drug-likeness (QED) is 0.396. The molecule has 4 rings (SSSR count). The van der Waals surface area contributed by atoms with Gasteiger partial charge in [0.15, 0.2) is 0 Å². The summed E-state index contributed by atoms with van der Waals surface area (Å²) in [5, 5.41) is 2.41. The number of benzene rings is 3. The van der Waals surface area contributed by atoms with Crippen LogP contribution in [0.5, 0.6) is 5.75 Å². The lowest BCUT2D eigenvalue weighted by Gasteiger charge is -2.40. The summed E-state index contributed by atoms with van der Waals surface area (Å²) >= 11 is 6.32. The largest absolute Gasteiger partial charge is 0.495 e. The summed E-state index contributed by atoms with van der Waals surface area (Å²) in [5.74, 6) is -4.42. The van der Waals surface area contributed by atoms with E-state index < -0.39 is 47.3 Å². The van der Waals surface area contributed by atoms with Crippen molar-refractivity contribution in [2.24, 2.45) is 0 Å². The summed E-state index contributed by atoms with van der Waals surface area (Å²) in [6.07, 6.45) is 0. The van der Waals surface area contributed by atoms with E-state index in [0.717, 1.165) is 0 Å². The Hall–Kier alpha value is -3.79. The summed E-state index contributed by atoms with van der Waals surface area (Å²) in [7, 11) is 2.98. The summed E-state index contributed by atoms with van der Waals surface area (Å²) < 4.78 is 61.0. The van der Waals surface area contributed by atoms with Crippen LogP contribution < -0.4 is 15.0 Å². The molecule has 3 aromatic carbocycles. The number of nitrogens with one attached hydrogen (secondary N) is 1. The van der Waals surface area contributed by atoms with Crippen LogP contribution in [0.4, 0.5) is 28.0 Å². The Morgan fingerprint density at radius 1 is 1.03 bits per heavy atom. The number of hydrogen-bond donors (Lipinski definition) is 1. The molecule has 37 heavy (non-hydrogen) atoms. The first-order valence-electron chi connectivity index (χ1n) is 11.1. The highest BCUT2D eigenvalue weighted by Crippen LogP contribution is 2.39. The Morgan fingerprint density at radius 2 is 1.70 bits per heavy atom. The van der Waals surface area contributed by atoms with Crippen molar-refractivity contribution in [3.8, 4) is 5.75 Å². The van der Waals surface area contributed by atoms with E-state index in [1.54, 1.807) is 20.0 Å². The van der Waals surface area contributed by atoms with Gasteiger partial charge in [0.05, 0.1) is 30.4 Å². The second-order valence-electron chi connectivity index (χ2n) is 8.50. The molecule has 3 aromatic rings. The number of methoxy groups -OCH3 is 1. The smallest absolute Gasteiger partial charge is 0.325 e. The molecule has 0 aromatic heterocycles. The van der Waals surface area contributed by atoms with Crippen molar-refractivity contribution in [3.05, 3.63) is 93.0 Å². The monoisotopic (exact) mass is 535 g/mol. The average molecular weight is 536 g/mol. The van der Waals surface area contributed by atoms with E-state index >= 15 is 0 Å². The molecule has 0 radical (unpaired) electrons. The van der Waals surface area contributed by atoms with Crippen molar-refractivity contribution in [1.29, 1.82) is 0 Å². The first kappa shape index (κ1) is 26.3. The van der Waals surface area contributed by atoms with Gasteiger partial charge in [-0.05, 0) is 36.8 Å². The topological polar surface area (TPSA) is 61.9 Å². The lowest BCUT2D eigenvalue weighted by Crippen LogP contribution is -2.46. The zero-order valence-electron chi connectivity index (χ0n) is 20.0. The number of fused-ring (bicyclic) bond motifs is 1. The van der Waals surface area contributed by atoms with Gasteiger partial charge in [-0.25, -0.2) is 22.4 Å². The average Bonchev–Trinajstić information content (AvgIpc) is 2.86. The fourth-order valence-corrected chi connectivity index (χ4v) is 4.43. The van der Waals surface area contributed by atoms with Crippen LogP contribution in [0.3, 0.4) is 0 Å². The van der Waals surface area contributed by atoms with E-state index in [0.29, 0.717) is 23.4 Å². The Kier molecular flexibility index (Phi) is 7.31. The molecule has 1 atom stereocenters. The summed E-state index contributed by atoms with van der Waals surface area (Å²) in [6.45, 7) is 1.02. The van der Waals surface area contributed by atoms with Gasteiger partial charge < -0.3 is 15.0 Å². The van der Waals surface area contributed by atoms with Gasteiger partial charge in [0.1, 0.15) is 29.0 Å². The minimum atomic E-state index is -1.13. The number of hydrogen-bond acceptors (Lipinski definition) is 3. The number of carbonyl (C=O) groups is 2. The first-order valence-corrected chi connectivity index (χ1v) is 11.5. The van der Waals surface area contributed by atoms with E-state index in [4.69, 9.17) is 16.3 Å². The molecule has 0 fully saturated rings. The van der Waals surface area contributed by atoms with Gasteiger partial charge in [0, 0.05) is 42.4 Å². The molecule has 0 saturated carbocycles. The van der Waals surface area contributed by atoms with E-state index in [-0.39, 0.29) is 34.5 Å². The van der Waals surface area contributed by atoms with Crippen LogP contribution in [0.15, 0.2) is 42.5 Å². The van der Waals surface area contributed by atoms with Crippen molar-refractivity contribution in [3.63, 3.8) is 0 Å². The predicted octanol–water partition coefficient (Wildman–Crippen LogP) is 5.97. The standard InChI is InChI=1S/C26H22ClF4N3O3/c1-13-16-5-4-14(25(35)32-11-17-20(30)9-15(28)10-21(17)31)8-22(16)34(26(36)33(13)2)12-18-19(29)6-7-23(37-3)24(18)27/h4-10,13H,11-12H2,1-3H3,(H,32,35)/t13-/m0/s1. The number of carbonyl (C=O) groups excluding carboxylic acids is 2. The Balaban J connectivity index is 1.67. The molecule has 0 unspecified atom stereocenters. The molecule has 0 bridgehead atoms. The van der Waals surface area contributed by atoms with Crippen LogP contribution in [0.25, 0.3) is 0 Å². The minimum Gasteiger partial charge on any atom is -0.495 e. The second kappa shape index (κ2) is 10.3. The Morgan fingerprint density at radius 3 is 2.35 bits per heavy atom.